The van der Waals surface area contributed by atoms with Gasteiger partial charge >= 0.3 is 0 Å². The van der Waals surface area contributed by atoms with Crippen LogP contribution in [0.25, 0.3) is 0 Å². The molecule has 2 N–H and O–H groups in total. The third-order valence-electron chi connectivity index (χ3n) is 4.40. The van der Waals surface area contributed by atoms with Gasteiger partial charge in [-0.2, -0.15) is 0 Å². The summed E-state index contributed by atoms with van der Waals surface area (Å²) in [6, 6.07) is 13.8. The van der Waals surface area contributed by atoms with Crippen molar-refractivity contribution in [2.24, 2.45) is 0 Å². The molecule has 0 bridgehead atoms. The summed E-state index contributed by atoms with van der Waals surface area (Å²) in [4.78, 5) is 13.4. The van der Waals surface area contributed by atoms with Crippen molar-refractivity contribution >= 4 is 11.6 Å². The molecule has 0 aliphatic rings. The normalized spacial score (nSPS) is 11.7. The lowest BCUT2D eigenvalue weighted by Crippen LogP contribution is -3.09. The van der Waals surface area contributed by atoms with Crippen molar-refractivity contribution in [3.63, 3.8) is 0 Å². The first kappa shape index (κ1) is 19.8. The predicted molar refractivity (Wildman–Crippen MR) is 104 cm³/mol. The molecule has 26 heavy (non-hydrogen) atoms. The number of rotatable bonds is 9. The van der Waals surface area contributed by atoms with Crippen molar-refractivity contribution < 1.29 is 19.2 Å². The third kappa shape index (κ3) is 6.08. The topological polar surface area (TPSA) is 52.0 Å². The number of quaternary nitrogens is 1. The van der Waals surface area contributed by atoms with Gasteiger partial charge in [-0.05, 0) is 36.8 Å². The summed E-state index contributed by atoms with van der Waals surface area (Å²) in [5.74, 6) is 1.55. The van der Waals surface area contributed by atoms with E-state index >= 15 is 0 Å². The number of hydrogen-bond donors (Lipinski definition) is 2. The molecule has 1 amide bonds. The van der Waals surface area contributed by atoms with Crippen LogP contribution >= 0.6 is 0 Å². The molecule has 2 rings (SSSR count). The van der Waals surface area contributed by atoms with E-state index in [4.69, 9.17) is 9.47 Å². The summed E-state index contributed by atoms with van der Waals surface area (Å²) >= 11 is 0. The number of carbonyl (C=O) groups excluding carboxylic acids is 1. The Bertz CT molecular complexity index is 714. The summed E-state index contributed by atoms with van der Waals surface area (Å²) in [5, 5.41) is 2.94. The fraction of sp³-hybridized carbons (Fsp3) is 0.381. The van der Waals surface area contributed by atoms with E-state index in [-0.39, 0.29) is 5.91 Å². The summed E-state index contributed by atoms with van der Waals surface area (Å²) in [6.45, 7) is 3.78. The van der Waals surface area contributed by atoms with Gasteiger partial charge in [0.1, 0.15) is 0 Å². The first-order valence-electron chi connectivity index (χ1n) is 8.90. The minimum atomic E-state index is 0.0549. The summed E-state index contributed by atoms with van der Waals surface area (Å²) in [5.41, 5.74) is 3.23. The maximum absolute atomic E-state index is 12.1. The molecule has 0 saturated carbocycles. The van der Waals surface area contributed by atoms with Crippen LogP contribution in [0.2, 0.25) is 0 Å². The van der Waals surface area contributed by atoms with Crippen LogP contribution in [0, 0.1) is 6.92 Å². The van der Waals surface area contributed by atoms with Gasteiger partial charge in [0.2, 0.25) is 5.91 Å². The Balaban J connectivity index is 1.75. The molecule has 1 unspecified atom stereocenters. The van der Waals surface area contributed by atoms with E-state index in [1.807, 2.05) is 43.3 Å². The lowest BCUT2D eigenvalue weighted by Gasteiger charge is -2.15. The van der Waals surface area contributed by atoms with Crippen molar-refractivity contribution in [2.45, 2.75) is 19.8 Å². The fourth-order valence-electron chi connectivity index (χ4n) is 2.71. The van der Waals surface area contributed by atoms with Crippen LogP contribution in [0.5, 0.6) is 11.5 Å². The molecule has 0 radical (unpaired) electrons. The van der Waals surface area contributed by atoms with Crippen molar-refractivity contribution in [1.82, 2.24) is 0 Å². The van der Waals surface area contributed by atoms with Crippen LogP contribution < -0.4 is 19.7 Å². The summed E-state index contributed by atoms with van der Waals surface area (Å²) < 4.78 is 10.6. The highest BCUT2D eigenvalue weighted by molar-refractivity contribution is 5.90. The first-order valence-corrected chi connectivity index (χ1v) is 8.90. The van der Waals surface area contributed by atoms with Gasteiger partial charge in [-0.1, -0.05) is 23.8 Å². The Kier molecular flexibility index (Phi) is 7.48. The Hall–Kier alpha value is -2.53. The zero-order valence-corrected chi connectivity index (χ0v) is 16.1. The Morgan fingerprint density at radius 2 is 1.69 bits per heavy atom. The standard InChI is InChI=1S/C21H28N2O3/c1-16-5-8-18(9-6-16)22-21(24)12-14-23(2)13-11-17-7-10-19(25-3)20(15-17)26-4/h5-10,15H,11-14H2,1-4H3,(H,22,24)/p+1. The minimum Gasteiger partial charge on any atom is -0.493 e. The van der Waals surface area contributed by atoms with E-state index in [0.29, 0.717) is 6.42 Å². The number of aryl methyl sites for hydroxylation is 1. The number of likely N-dealkylation sites (N-methyl/N-ethyl adjacent to an activating group) is 1. The number of hydrogen-bond acceptors (Lipinski definition) is 3. The average Bonchev–Trinajstić information content (AvgIpc) is 2.66. The molecule has 5 heteroatoms. The van der Waals surface area contributed by atoms with Crippen LogP contribution in [-0.4, -0.2) is 40.3 Å². The van der Waals surface area contributed by atoms with Crippen LogP contribution in [-0.2, 0) is 11.2 Å². The molecule has 5 nitrogen and oxygen atoms in total. The summed E-state index contributed by atoms with van der Waals surface area (Å²) in [6.07, 6.45) is 1.43. The van der Waals surface area contributed by atoms with E-state index < -0.39 is 0 Å². The Morgan fingerprint density at radius 1 is 1.00 bits per heavy atom. The zero-order chi connectivity index (χ0) is 18.9. The molecule has 2 aromatic rings. The second kappa shape index (κ2) is 9.82. The molecular formula is C21H29N2O3+. The van der Waals surface area contributed by atoms with Crippen molar-refractivity contribution in [3.8, 4) is 11.5 Å². The average molecular weight is 357 g/mol. The number of benzene rings is 2. The van der Waals surface area contributed by atoms with E-state index in [0.717, 1.165) is 36.7 Å². The minimum absolute atomic E-state index is 0.0549. The largest absolute Gasteiger partial charge is 0.493 e. The Labute approximate surface area is 155 Å². The smallest absolute Gasteiger partial charge is 0.230 e. The van der Waals surface area contributed by atoms with Crippen molar-refractivity contribution in [1.29, 1.82) is 0 Å². The zero-order valence-electron chi connectivity index (χ0n) is 16.1. The molecule has 0 fully saturated rings. The van der Waals surface area contributed by atoms with Crippen molar-refractivity contribution in [2.75, 3.05) is 39.7 Å². The van der Waals surface area contributed by atoms with Gasteiger partial charge < -0.3 is 19.7 Å². The van der Waals surface area contributed by atoms with Crippen LogP contribution in [0.15, 0.2) is 42.5 Å². The van der Waals surface area contributed by atoms with E-state index in [2.05, 4.69) is 18.4 Å². The third-order valence-corrected chi connectivity index (χ3v) is 4.40. The second-order valence-electron chi connectivity index (χ2n) is 6.56. The number of ether oxygens (including phenoxy) is 2. The van der Waals surface area contributed by atoms with Crippen LogP contribution in [0.4, 0.5) is 5.69 Å². The molecule has 0 heterocycles. The molecule has 0 spiro atoms. The van der Waals surface area contributed by atoms with Gasteiger partial charge in [0.25, 0.3) is 0 Å². The van der Waals surface area contributed by atoms with Crippen LogP contribution in [0.1, 0.15) is 17.5 Å². The second-order valence-corrected chi connectivity index (χ2v) is 6.56. The van der Waals surface area contributed by atoms with Gasteiger partial charge in [0.15, 0.2) is 11.5 Å². The monoisotopic (exact) mass is 357 g/mol. The molecule has 2 aromatic carbocycles. The lowest BCUT2D eigenvalue weighted by atomic mass is 10.1. The number of nitrogens with one attached hydrogen (secondary N) is 2. The maximum atomic E-state index is 12.1. The maximum Gasteiger partial charge on any atom is 0.230 e. The highest BCUT2D eigenvalue weighted by atomic mass is 16.5. The number of anilines is 1. The number of methoxy groups -OCH3 is 2. The molecular weight excluding hydrogens is 328 g/mol. The number of carbonyl (C=O) groups is 1. The van der Waals surface area contributed by atoms with Gasteiger partial charge in [-0.25, -0.2) is 0 Å². The van der Waals surface area contributed by atoms with Gasteiger partial charge in [-0.3, -0.25) is 4.79 Å². The number of amides is 1. The molecule has 0 aliphatic heterocycles. The molecule has 0 saturated heterocycles. The highest BCUT2D eigenvalue weighted by Gasteiger charge is 2.10. The van der Waals surface area contributed by atoms with E-state index in [1.165, 1.54) is 16.0 Å². The Morgan fingerprint density at radius 3 is 2.35 bits per heavy atom. The molecule has 0 aromatic heterocycles. The molecule has 0 aliphatic carbocycles. The van der Waals surface area contributed by atoms with Gasteiger partial charge in [0, 0.05) is 12.1 Å². The lowest BCUT2D eigenvalue weighted by molar-refractivity contribution is -0.878. The molecule has 1 atom stereocenters. The van der Waals surface area contributed by atoms with E-state index in [1.54, 1.807) is 14.2 Å². The first-order chi connectivity index (χ1) is 12.5. The fourth-order valence-corrected chi connectivity index (χ4v) is 2.71. The molecule has 140 valence electrons. The van der Waals surface area contributed by atoms with Crippen LogP contribution in [0.3, 0.4) is 0 Å². The highest BCUT2D eigenvalue weighted by Crippen LogP contribution is 2.27. The van der Waals surface area contributed by atoms with Gasteiger partial charge in [0.05, 0.1) is 40.8 Å². The summed E-state index contributed by atoms with van der Waals surface area (Å²) in [7, 11) is 5.39. The quantitative estimate of drug-likeness (QED) is 0.723. The van der Waals surface area contributed by atoms with Crippen molar-refractivity contribution in [3.05, 3.63) is 53.6 Å². The predicted octanol–water partition coefficient (Wildman–Crippen LogP) is 2.10. The van der Waals surface area contributed by atoms with E-state index in [9.17, 15) is 4.79 Å². The SMILES string of the molecule is COc1ccc(CC[NH+](C)CCC(=O)Nc2ccc(C)cc2)cc1OC. The van der Waals surface area contributed by atoms with Gasteiger partial charge in [-0.15, -0.1) is 0 Å².